The summed E-state index contributed by atoms with van der Waals surface area (Å²) < 4.78 is 17.2. The molecule has 206 valence electrons. The molecule has 1 aromatic rings. The number of piperidine rings is 2. The zero-order chi connectivity index (χ0) is 26.6. The van der Waals surface area contributed by atoms with E-state index in [-0.39, 0.29) is 36.7 Å². The van der Waals surface area contributed by atoms with E-state index in [1.54, 1.807) is 12.1 Å². The fourth-order valence-corrected chi connectivity index (χ4v) is 5.40. The highest BCUT2D eigenvalue weighted by molar-refractivity contribution is 6.23. The van der Waals surface area contributed by atoms with Crippen LogP contribution in [0.3, 0.4) is 0 Å². The maximum atomic E-state index is 13.1. The van der Waals surface area contributed by atoms with Crippen LogP contribution in [-0.2, 0) is 23.8 Å². The predicted octanol–water partition coefficient (Wildman–Crippen LogP) is 1.02. The van der Waals surface area contributed by atoms with E-state index in [0.717, 1.165) is 55.8 Å². The van der Waals surface area contributed by atoms with E-state index in [1.165, 1.54) is 0 Å². The first-order valence-corrected chi connectivity index (χ1v) is 13.5. The standard InChI is InChI=1S/C27H35N3O8/c31-18-15-20(16-18)37-11-1-10-36-12-13-38-19-6-8-29(9-7-19)17-2-3-21-22(14-17)27(35)30(26(21)34)23-4-5-24(32)28-25(23)33/h2-3,14,18-20,23,31H,1,4-13,15-16H2,(H,28,32,33)/t18-,20-,23?. The van der Waals surface area contributed by atoms with E-state index in [4.69, 9.17) is 14.2 Å². The third-order valence-electron chi connectivity index (χ3n) is 7.67. The number of carbonyl (C=O) groups excluding carboxylic acids is 4. The minimum atomic E-state index is -0.962. The van der Waals surface area contributed by atoms with Gasteiger partial charge >= 0.3 is 0 Å². The van der Waals surface area contributed by atoms with E-state index in [0.29, 0.717) is 32.0 Å². The summed E-state index contributed by atoms with van der Waals surface area (Å²) in [5.74, 6) is -1.99. The van der Waals surface area contributed by atoms with Gasteiger partial charge in [0, 0.05) is 38.4 Å². The van der Waals surface area contributed by atoms with Crippen LogP contribution in [-0.4, -0.2) is 97.5 Å². The molecule has 1 saturated carbocycles. The number of aliphatic hydroxyl groups excluding tert-OH is 1. The summed E-state index contributed by atoms with van der Waals surface area (Å²) in [6, 6.07) is 4.25. The number of imide groups is 2. The van der Waals surface area contributed by atoms with Gasteiger partial charge in [0.15, 0.2) is 0 Å². The lowest BCUT2D eigenvalue weighted by Gasteiger charge is -2.33. The largest absolute Gasteiger partial charge is 0.393 e. The van der Waals surface area contributed by atoms with Crippen molar-refractivity contribution >= 4 is 29.3 Å². The fraction of sp³-hybridized carbons (Fsp3) is 0.630. The summed E-state index contributed by atoms with van der Waals surface area (Å²) in [4.78, 5) is 52.9. The molecule has 1 unspecified atom stereocenters. The lowest BCUT2D eigenvalue weighted by Crippen LogP contribution is -2.54. The molecule has 0 aromatic heterocycles. The molecule has 1 aromatic carbocycles. The highest BCUT2D eigenvalue weighted by Gasteiger charge is 2.44. The molecule has 4 aliphatic rings. The average Bonchev–Trinajstić information content (AvgIpc) is 3.14. The van der Waals surface area contributed by atoms with E-state index < -0.39 is 29.7 Å². The smallest absolute Gasteiger partial charge is 0.262 e. The summed E-state index contributed by atoms with van der Waals surface area (Å²) >= 11 is 0. The van der Waals surface area contributed by atoms with E-state index in [1.807, 2.05) is 6.07 Å². The Labute approximate surface area is 221 Å². The van der Waals surface area contributed by atoms with E-state index >= 15 is 0 Å². The van der Waals surface area contributed by atoms with Crippen molar-refractivity contribution in [3.63, 3.8) is 0 Å². The predicted molar refractivity (Wildman–Crippen MR) is 135 cm³/mol. The molecule has 0 bridgehead atoms. The quantitative estimate of drug-likeness (QED) is 0.318. The third kappa shape index (κ3) is 5.90. The van der Waals surface area contributed by atoms with Gasteiger partial charge < -0.3 is 24.2 Å². The number of hydrogen-bond donors (Lipinski definition) is 2. The van der Waals surface area contributed by atoms with Crippen LogP contribution in [0.5, 0.6) is 0 Å². The Hall–Kier alpha value is -2.86. The van der Waals surface area contributed by atoms with Crippen molar-refractivity contribution in [1.82, 2.24) is 10.2 Å². The number of ether oxygens (including phenoxy) is 3. The number of carbonyl (C=O) groups is 4. The minimum Gasteiger partial charge on any atom is -0.393 e. The van der Waals surface area contributed by atoms with E-state index in [2.05, 4.69) is 10.2 Å². The second kappa shape index (κ2) is 11.9. The Morgan fingerprint density at radius 3 is 2.34 bits per heavy atom. The van der Waals surface area contributed by atoms with Crippen molar-refractivity contribution in [2.45, 2.75) is 69.3 Å². The molecule has 0 spiro atoms. The number of hydrogen-bond acceptors (Lipinski definition) is 9. The SMILES string of the molecule is O=C1CCC(N2C(=O)c3ccc(N4CCC(OCCOCCCO[C@H]5C[C@H](O)C5)CC4)cc3C2=O)C(=O)N1. The Balaban J connectivity index is 1.03. The molecule has 5 rings (SSSR count). The average molecular weight is 530 g/mol. The molecule has 3 heterocycles. The molecule has 11 nitrogen and oxygen atoms in total. The molecule has 2 saturated heterocycles. The molecule has 0 radical (unpaired) electrons. The van der Waals surface area contributed by atoms with Crippen LogP contribution in [0.2, 0.25) is 0 Å². The van der Waals surface area contributed by atoms with Crippen LogP contribution in [0.15, 0.2) is 18.2 Å². The monoisotopic (exact) mass is 529 g/mol. The van der Waals surface area contributed by atoms with Gasteiger partial charge in [0.05, 0.1) is 42.7 Å². The zero-order valence-corrected chi connectivity index (χ0v) is 21.4. The fourth-order valence-electron chi connectivity index (χ4n) is 5.40. The molecular weight excluding hydrogens is 494 g/mol. The molecule has 3 aliphatic heterocycles. The molecule has 1 atom stereocenters. The Morgan fingerprint density at radius 2 is 1.61 bits per heavy atom. The molecular formula is C27H35N3O8. The normalized spacial score (nSPS) is 26.0. The number of benzene rings is 1. The van der Waals surface area contributed by atoms with Crippen molar-refractivity contribution in [2.75, 3.05) is 44.4 Å². The number of aliphatic hydroxyl groups is 1. The minimum absolute atomic E-state index is 0.0972. The van der Waals surface area contributed by atoms with Gasteiger partial charge in [-0.15, -0.1) is 0 Å². The Kier molecular flexibility index (Phi) is 8.37. The molecule has 11 heteroatoms. The zero-order valence-electron chi connectivity index (χ0n) is 21.4. The van der Waals surface area contributed by atoms with Crippen molar-refractivity contribution in [3.05, 3.63) is 29.3 Å². The number of amides is 4. The van der Waals surface area contributed by atoms with E-state index in [9.17, 15) is 24.3 Å². The van der Waals surface area contributed by atoms with Gasteiger partial charge in [-0.2, -0.15) is 0 Å². The maximum absolute atomic E-state index is 13.1. The summed E-state index contributed by atoms with van der Waals surface area (Å²) in [6.07, 6.45) is 4.37. The summed E-state index contributed by atoms with van der Waals surface area (Å²) in [5.41, 5.74) is 1.44. The van der Waals surface area contributed by atoms with Gasteiger partial charge in [-0.3, -0.25) is 29.4 Å². The lowest BCUT2D eigenvalue weighted by molar-refractivity contribution is -0.136. The van der Waals surface area contributed by atoms with Crippen LogP contribution in [0.4, 0.5) is 5.69 Å². The number of nitrogens with zero attached hydrogens (tertiary/aromatic N) is 2. The summed E-state index contributed by atoms with van der Waals surface area (Å²) in [6.45, 7) is 3.86. The first-order valence-electron chi connectivity index (χ1n) is 13.5. The lowest BCUT2D eigenvalue weighted by atomic mass is 9.92. The van der Waals surface area contributed by atoms with Crippen molar-refractivity contribution in [1.29, 1.82) is 0 Å². The third-order valence-corrected chi connectivity index (χ3v) is 7.67. The van der Waals surface area contributed by atoms with Gasteiger partial charge in [0.1, 0.15) is 6.04 Å². The number of anilines is 1. The topological polar surface area (TPSA) is 135 Å². The van der Waals surface area contributed by atoms with Crippen molar-refractivity contribution < 1.29 is 38.5 Å². The van der Waals surface area contributed by atoms with Crippen LogP contribution in [0.1, 0.15) is 65.7 Å². The maximum Gasteiger partial charge on any atom is 0.262 e. The van der Waals surface area contributed by atoms with Gasteiger partial charge in [0.2, 0.25) is 11.8 Å². The molecule has 2 N–H and O–H groups in total. The molecule has 4 amide bonds. The number of fused-ring (bicyclic) bond motifs is 1. The van der Waals surface area contributed by atoms with Crippen LogP contribution >= 0.6 is 0 Å². The van der Waals surface area contributed by atoms with Gasteiger partial charge in [0.25, 0.3) is 11.8 Å². The first-order chi connectivity index (χ1) is 18.4. The van der Waals surface area contributed by atoms with Gasteiger partial charge in [-0.25, -0.2) is 0 Å². The van der Waals surface area contributed by atoms with Gasteiger partial charge in [-0.1, -0.05) is 0 Å². The van der Waals surface area contributed by atoms with Crippen molar-refractivity contribution in [2.24, 2.45) is 0 Å². The number of rotatable bonds is 11. The second-order valence-electron chi connectivity index (χ2n) is 10.3. The molecule has 3 fully saturated rings. The van der Waals surface area contributed by atoms with Gasteiger partial charge in [-0.05, 0) is 56.7 Å². The highest BCUT2D eigenvalue weighted by Crippen LogP contribution is 2.31. The van der Waals surface area contributed by atoms with Crippen molar-refractivity contribution in [3.8, 4) is 0 Å². The first kappa shape index (κ1) is 26.7. The second-order valence-corrected chi connectivity index (χ2v) is 10.3. The Morgan fingerprint density at radius 1 is 0.868 bits per heavy atom. The van der Waals surface area contributed by atoms with Crippen LogP contribution in [0, 0.1) is 0 Å². The highest BCUT2D eigenvalue weighted by atomic mass is 16.5. The number of nitrogens with one attached hydrogen (secondary N) is 1. The van der Waals surface area contributed by atoms with Crippen LogP contribution < -0.4 is 10.2 Å². The summed E-state index contributed by atoms with van der Waals surface area (Å²) in [5, 5.41) is 11.5. The Bertz CT molecular complexity index is 1060. The molecule has 38 heavy (non-hydrogen) atoms. The molecule has 1 aliphatic carbocycles. The summed E-state index contributed by atoms with van der Waals surface area (Å²) in [7, 11) is 0. The van der Waals surface area contributed by atoms with Crippen LogP contribution in [0.25, 0.3) is 0 Å².